The molecule has 3 radical (unpaired) electrons. The third-order valence-corrected chi connectivity index (χ3v) is 0. The van der Waals surface area contributed by atoms with Crippen LogP contribution in [0.3, 0.4) is 0 Å². The quantitative estimate of drug-likeness (QED) is 0.341. The molecule has 0 spiro atoms. The van der Waals surface area contributed by atoms with Crippen molar-refractivity contribution in [3.8, 4) is 0 Å². The summed E-state index contributed by atoms with van der Waals surface area (Å²) in [6, 6.07) is 0. The summed E-state index contributed by atoms with van der Waals surface area (Å²) in [5.41, 5.74) is 0. The molecule has 0 unspecified atom stereocenters. The first kappa shape index (κ1) is 34.2. The predicted molar refractivity (Wildman–Crippen MR) is 37.3 cm³/mol. The molecule has 3 nitrogen and oxygen atoms in total. The van der Waals surface area contributed by atoms with E-state index in [0.717, 1.165) is 21.3 Å². The number of aliphatic hydroxyl groups excluding tert-OH is 3. The van der Waals surface area contributed by atoms with Crippen molar-refractivity contribution in [1.82, 2.24) is 0 Å². The Hall–Kier alpha value is 1.41. The topological polar surface area (TPSA) is 60.7 Å². The SMILES string of the molecule is CO.CO.CO.[Al].[NaH]. The Balaban J connectivity index is -0.00000000500. The first-order valence-electron chi connectivity index (χ1n) is 1.34. The molecule has 5 heteroatoms. The van der Waals surface area contributed by atoms with Gasteiger partial charge in [-0.1, -0.05) is 0 Å². The normalized spacial score (nSPS) is 2.25. The molecule has 0 aromatic carbocycles. The van der Waals surface area contributed by atoms with Crippen molar-refractivity contribution < 1.29 is 15.3 Å². The van der Waals surface area contributed by atoms with Gasteiger partial charge in [-0.15, -0.1) is 0 Å². The molecular weight excluding hydrogens is 134 g/mol. The van der Waals surface area contributed by atoms with E-state index in [9.17, 15) is 0 Å². The van der Waals surface area contributed by atoms with E-state index in [-0.39, 0.29) is 46.9 Å². The van der Waals surface area contributed by atoms with Crippen molar-refractivity contribution >= 4 is 46.9 Å². The van der Waals surface area contributed by atoms with Gasteiger partial charge in [0, 0.05) is 38.7 Å². The van der Waals surface area contributed by atoms with Crippen LogP contribution >= 0.6 is 0 Å². The van der Waals surface area contributed by atoms with Crippen molar-refractivity contribution in [2.75, 3.05) is 21.3 Å². The second-order valence-corrected chi connectivity index (χ2v) is 0. The fourth-order valence-corrected chi connectivity index (χ4v) is 0. The van der Waals surface area contributed by atoms with Crippen molar-refractivity contribution in [2.45, 2.75) is 0 Å². The van der Waals surface area contributed by atoms with Gasteiger partial charge >= 0.3 is 29.6 Å². The maximum absolute atomic E-state index is 7.00. The molecule has 0 aliphatic heterocycles. The second-order valence-electron chi connectivity index (χ2n) is 0. The van der Waals surface area contributed by atoms with E-state index in [1.54, 1.807) is 0 Å². The standard InChI is InChI=1S/3CH4O.Al.Na.H/c3*1-2;;;/h3*2H,1H3;;;. The zero-order valence-corrected chi connectivity index (χ0v) is 6.07. The van der Waals surface area contributed by atoms with Crippen LogP contribution in [0.25, 0.3) is 0 Å². The summed E-state index contributed by atoms with van der Waals surface area (Å²) >= 11 is 0. The van der Waals surface area contributed by atoms with Crippen LogP contribution in [-0.4, -0.2) is 83.6 Å². The first-order chi connectivity index (χ1) is 3.00. The molecule has 8 heavy (non-hydrogen) atoms. The Labute approximate surface area is 83.2 Å². The van der Waals surface area contributed by atoms with Gasteiger partial charge in [0.2, 0.25) is 0 Å². The van der Waals surface area contributed by atoms with Crippen LogP contribution in [0.5, 0.6) is 0 Å². The summed E-state index contributed by atoms with van der Waals surface area (Å²) < 4.78 is 0. The summed E-state index contributed by atoms with van der Waals surface area (Å²) in [6.45, 7) is 0. The molecular formula is C3H13AlNaO3. The molecule has 0 bridgehead atoms. The van der Waals surface area contributed by atoms with Crippen LogP contribution < -0.4 is 0 Å². The van der Waals surface area contributed by atoms with E-state index in [0.29, 0.717) is 0 Å². The van der Waals surface area contributed by atoms with Crippen molar-refractivity contribution in [3.05, 3.63) is 0 Å². The van der Waals surface area contributed by atoms with E-state index in [4.69, 9.17) is 15.3 Å². The second kappa shape index (κ2) is 232. The van der Waals surface area contributed by atoms with Gasteiger partial charge in [-0.3, -0.25) is 0 Å². The van der Waals surface area contributed by atoms with E-state index in [1.807, 2.05) is 0 Å². The summed E-state index contributed by atoms with van der Waals surface area (Å²) in [7, 11) is 3.00. The number of aliphatic hydroxyl groups is 3. The van der Waals surface area contributed by atoms with E-state index < -0.39 is 0 Å². The van der Waals surface area contributed by atoms with E-state index in [1.165, 1.54) is 0 Å². The number of rotatable bonds is 0. The van der Waals surface area contributed by atoms with Crippen LogP contribution in [-0.2, 0) is 0 Å². The molecule has 3 N–H and O–H groups in total. The molecule has 0 atom stereocenters. The van der Waals surface area contributed by atoms with Crippen molar-refractivity contribution in [3.63, 3.8) is 0 Å². The Morgan fingerprint density at radius 2 is 0.625 bits per heavy atom. The predicted octanol–water partition coefficient (Wildman–Crippen LogP) is -2.20. The third kappa shape index (κ3) is 153. The molecule has 0 heterocycles. The molecule has 0 aliphatic rings. The van der Waals surface area contributed by atoms with Crippen LogP contribution in [0.15, 0.2) is 0 Å². The van der Waals surface area contributed by atoms with Crippen LogP contribution in [0.1, 0.15) is 0 Å². The summed E-state index contributed by atoms with van der Waals surface area (Å²) in [5.74, 6) is 0. The minimum absolute atomic E-state index is 0. The summed E-state index contributed by atoms with van der Waals surface area (Å²) in [5, 5.41) is 21.0. The van der Waals surface area contributed by atoms with Gasteiger partial charge in [0.1, 0.15) is 0 Å². The number of hydrogen-bond donors (Lipinski definition) is 3. The molecule has 0 aromatic rings. The van der Waals surface area contributed by atoms with Gasteiger partial charge in [0.05, 0.1) is 0 Å². The molecule has 0 aliphatic carbocycles. The van der Waals surface area contributed by atoms with Crippen molar-refractivity contribution in [1.29, 1.82) is 0 Å². The summed E-state index contributed by atoms with van der Waals surface area (Å²) in [6.07, 6.45) is 0. The van der Waals surface area contributed by atoms with Gasteiger partial charge in [0.25, 0.3) is 0 Å². The van der Waals surface area contributed by atoms with Gasteiger partial charge < -0.3 is 15.3 Å². The Morgan fingerprint density at radius 1 is 0.625 bits per heavy atom. The van der Waals surface area contributed by atoms with Gasteiger partial charge in [0.15, 0.2) is 0 Å². The molecule has 0 aromatic heterocycles. The third-order valence-electron chi connectivity index (χ3n) is 0. The van der Waals surface area contributed by atoms with E-state index in [2.05, 4.69) is 0 Å². The molecule has 0 saturated carbocycles. The van der Waals surface area contributed by atoms with Crippen LogP contribution in [0.4, 0.5) is 0 Å². The fraction of sp³-hybridized carbons (Fsp3) is 1.00. The summed E-state index contributed by atoms with van der Waals surface area (Å²) in [4.78, 5) is 0. The number of hydrogen-bond acceptors (Lipinski definition) is 3. The maximum atomic E-state index is 7.00. The Kier molecular flexibility index (Phi) is 991. The zero-order valence-electron chi connectivity index (χ0n) is 4.92. The van der Waals surface area contributed by atoms with Gasteiger partial charge in [-0.05, 0) is 0 Å². The average molecular weight is 147 g/mol. The monoisotopic (exact) mass is 147 g/mol. The van der Waals surface area contributed by atoms with Gasteiger partial charge in [-0.2, -0.15) is 0 Å². The Morgan fingerprint density at radius 3 is 0.625 bits per heavy atom. The molecule has 0 rings (SSSR count). The molecule has 47 valence electrons. The first-order valence-corrected chi connectivity index (χ1v) is 1.34. The zero-order chi connectivity index (χ0) is 6.00. The fourth-order valence-electron chi connectivity index (χ4n) is 0. The average Bonchev–Trinajstić information content (AvgIpc) is 1.81. The van der Waals surface area contributed by atoms with Crippen molar-refractivity contribution in [2.24, 2.45) is 0 Å². The molecule has 0 amide bonds. The van der Waals surface area contributed by atoms with Gasteiger partial charge in [-0.25, -0.2) is 0 Å². The van der Waals surface area contributed by atoms with Crippen LogP contribution in [0, 0.1) is 0 Å². The van der Waals surface area contributed by atoms with Crippen LogP contribution in [0.2, 0.25) is 0 Å². The van der Waals surface area contributed by atoms with E-state index >= 15 is 0 Å². The minimum atomic E-state index is 0. The molecule has 0 fully saturated rings. The Bertz CT molecular complexity index is 14.5. The molecule has 0 saturated heterocycles.